The molecule has 10 heteroatoms. The minimum atomic E-state index is -4.56. The number of aromatic nitrogens is 1. The van der Waals surface area contributed by atoms with Crippen LogP contribution in [0.5, 0.6) is 5.75 Å². The maximum Gasteiger partial charge on any atom is 0.394 e. The molecule has 2 heterocycles. The predicted octanol–water partition coefficient (Wildman–Crippen LogP) is 4.22. The van der Waals surface area contributed by atoms with E-state index in [1.165, 1.54) is 11.0 Å². The van der Waals surface area contributed by atoms with E-state index in [4.69, 9.17) is 4.74 Å². The Bertz CT molecular complexity index is 856. The Morgan fingerprint density at radius 3 is 2.86 bits per heavy atom. The molecule has 2 atom stereocenters. The van der Waals surface area contributed by atoms with Gasteiger partial charge in [-0.05, 0) is 31.5 Å². The fourth-order valence-electron chi connectivity index (χ4n) is 3.24. The number of hydrogen-bond acceptors (Lipinski definition) is 6. The second kappa shape index (κ2) is 7.94. The summed E-state index contributed by atoms with van der Waals surface area (Å²) in [4.78, 5) is 17.7. The highest BCUT2D eigenvalue weighted by molar-refractivity contribution is 7.14. The molecule has 0 bridgehead atoms. The van der Waals surface area contributed by atoms with E-state index in [0.717, 1.165) is 23.5 Å². The highest BCUT2D eigenvalue weighted by Gasteiger charge is 2.51. The first-order valence-corrected chi connectivity index (χ1v) is 9.51. The van der Waals surface area contributed by atoms with Crippen molar-refractivity contribution in [3.8, 4) is 17.0 Å². The van der Waals surface area contributed by atoms with Crippen LogP contribution in [0, 0.1) is 17.7 Å². The van der Waals surface area contributed by atoms with Crippen molar-refractivity contribution in [2.75, 3.05) is 24.6 Å². The SMILES string of the molecule is CCOC(=O)C1CCN(c2nc(-c3cc(F)ccc3O)cs2)CC1C(F)(F)F. The summed E-state index contributed by atoms with van der Waals surface area (Å²) >= 11 is 1.10. The maximum atomic E-state index is 13.5. The van der Waals surface area contributed by atoms with Gasteiger partial charge in [0.05, 0.1) is 24.1 Å². The molecule has 0 aliphatic carbocycles. The van der Waals surface area contributed by atoms with Crippen molar-refractivity contribution >= 4 is 22.4 Å². The highest BCUT2D eigenvalue weighted by Crippen LogP contribution is 2.41. The van der Waals surface area contributed by atoms with Gasteiger partial charge in [-0.25, -0.2) is 9.37 Å². The number of phenols is 1. The lowest BCUT2D eigenvalue weighted by Crippen LogP contribution is -2.49. The summed E-state index contributed by atoms with van der Waals surface area (Å²) in [5, 5.41) is 11.7. The van der Waals surface area contributed by atoms with Gasteiger partial charge in [-0.2, -0.15) is 13.2 Å². The molecule has 1 N–H and O–H groups in total. The van der Waals surface area contributed by atoms with Gasteiger partial charge in [0.1, 0.15) is 11.6 Å². The quantitative estimate of drug-likeness (QED) is 0.595. The summed E-state index contributed by atoms with van der Waals surface area (Å²) < 4.78 is 58.8. The highest BCUT2D eigenvalue weighted by atomic mass is 32.1. The Labute approximate surface area is 162 Å². The van der Waals surface area contributed by atoms with Crippen LogP contribution in [-0.4, -0.2) is 41.9 Å². The van der Waals surface area contributed by atoms with Crippen LogP contribution in [-0.2, 0) is 9.53 Å². The number of esters is 1. The Morgan fingerprint density at radius 2 is 2.18 bits per heavy atom. The van der Waals surface area contributed by atoms with Gasteiger partial charge in [-0.3, -0.25) is 4.79 Å². The lowest BCUT2D eigenvalue weighted by molar-refractivity contribution is -0.199. The molecule has 0 spiro atoms. The number of nitrogens with zero attached hydrogens (tertiary/aromatic N) is 2. The zero-order valence-electron chi connectivity index (χ0n) is 14.9. The Kier molecular flexibility index (Phi) is 5.78. The number of thiazole rings is 1. The standard InChI is InChI=1S/C18H18F4N2O3S/c1-2-27-16(26)11-5-6-24(8-13(11)18(20,21)22)17-23-14(9-28-17)12-7-10(19)3-4-15(12)25/h3-4,7,9,11,13,25H,2,5-6,8H2,1H3. The zero-order valence-corrected chi connectivity index (χ0v) is 15.7. The van der Waals surface area contributed by atoms with Gasteiger partial charge in [-0.15, -0.1) is 11.3 Å². The minimum absolute atomic E-state index is 0.0108. The Balaban J connectivity index is 1.83. The third-order valence-electron chi connectivity index (χ3n) is 4.62. The number of benzene rings is 1. The summed E-state index contributed by atoms with van der Waals surface area (Å²) in [5.74, 6) is -4.69. The van der Waals surface area contributed by atoms with E-state index in [-0.39, 0.29) is 36.6 Å². The topological polar surface area (TPSA) is 62.7 Å². The third kappa shape index (κ3) is 4.21. The molecule has 0 saturated carbocycles. The number of carbonyl (C=O) groups excluding carboxylic acids is 1. The van der Waals surface area contributed by atoms with Crippen LogP contribution >= 0.6 is 11.3 Å². The lowest BCUT2D eigenvalue weighted by Gasteiger charge is -2.38. The second-order valence-electron chi connectivity index (χ2n) is 6.42. The van der Waals surface area contributed by atoms with Gasteiger partial charge in [0.2, 0.25) is 0 Å². The first-order chi connectivity index (χ1) is 13.2. The van der Waals surface area contributed by atoms with Gasteiger partial charge >= 0.3 is 12.1 Å². The number of ether oxygens (including phenoxy) is 1. The molecule has 5 nitrogen and oxygen atoms in total. The number of carbonyl (C=O) groups is 1. The molecule has 1 aromatic heterocycles. The molecule has 1 aliphatic rings. The number of halogens is 4. The average Bonchev–Trinajstić information content (AvgIpc) is 3.12. The minimum Gasteiger partial charge on any atom is -0.507 e. The van der Waals surface area contributed by atoms with Gasteiger partial charge in [0, 0.05) is 24.0 Å². The molecule has 0 amide bonds. The van der Waals surface area contributed by atoms with Gasteiger partial charge in [0.25, 0.3) is 0 Å². The lowest BCUT2D eigenvalue weighted by atomic mass is 9.85. The number of hydrogen-bond donors (Lipinski definition) is 1. The van der Waals surface area contributed by atoms with Crippen LogP contribution in [0.1, 0.15) is 13.3 Å². The van der Waals surface area contributed by atoms with Crippen molar-refractivity contribution < 1.29 is 32.2 Å². The molecule has 2 unspecified atom stereocenters. The van der Waals surface area contributed by atoms with Crippen LogP contribution in [0.2, 0.25) is 0 Å². The van der Waals surface area contributed by atoms with E-state index in [9.17, 15) is 27.5 Å². The van der Waals surface area contributed by atoms with Crippen LogP contribution in [0.25, 0.3) is 11.3 Å². The molecule has 1 aromatic carbocycles. The predicted molar refractivity (Wildman–Crippen MR) is 95.7 cm³/mol. The number of alkyl halides is 3. The third-order valence-corrected chi connectivity index (χ3v) is 5.52. The Hall–Kier alpha value is -2.36. The molecular formula is C18H18F4N2O3S. The van der Waals surface area contributed by atoms with E-state index in [1.54, 1.807) is 12.3 Å². The summed E-state index contributed by atoms with van der Waals surface area (Å²) in [7, 11) is 0. The van der Waals surface area contributed by atoms with Crippen LogP contribution in [0.3, 0.4) is 0 Å². The molecule has 3 rings (SSSR count). The monoisotopic (exact) mass is 418 g/mol. The fraction of sp³-hybridized carbons (Fsp3) is 0.444. The molecule has 28 heavy (non-hydrogen) atoms. The van der Waals surface area contributed by atoms with Crippen LogP contribution in [0.4, 0.5) is 22.7 Å². The number of aromatic hydroxyl groups is 1. The van der Waals surface area contributed by atoms with E-state index in [2.05, 4.69) is 4.98 Å². The van der Waals surface area contributed by atoms with Crippen LogP contribution in [0.15, 0.2) is 23.6 Å². The van der Waals surface area contributed by atoms with E-state index >= 15 is 0 Å². The normalized spacial score (nSPS) is 20.2. The van der Waals surface area contributed by atoms with Crippen molar-refractivity contribution in [1.82, 2.24) is 4.98 Å². The molecular weight excluding hydrogens is 400 g/mol. The van der Waals surface area contributed by atoms with Crippen molar-refractivity contribution in [3.05, 3.63) is 29.4 Å². The first-order valence-electron chi connectivity index (χ1n) is 8.63. The van der Waals surface area contributed by atoms with Crippen molar-refractivity contribution in [3.63, 3.8) is 0 Å². The number of rotatable bonds is 4. The van der Waals surface area contributed by atoms with E-state index in [1.807, 2.05) is 0 Å². The van der Waals surface area contributed by atoms with E-state index < -0.39 is 36.3 Å². The maximum absolute atomic E-state index is 13.5. The number of piperidine rings is 1. The number of phenolic OH excluding ortho intramolecular Hbond substituents is 1. The molecule has 1 fully saturated rings. The van der Waals surface area contributed by atoms with Gasteiger partial charge < -0.3 is 14.7 Å². The second-order valence-corrected chi connectivity index (χ2v) is 7.25. The number of anilines is 1. The molecule has 2 aromatic rings. The largest absolute Gasteiger partial charge is 0.507 e. The van der Waals surface area contributed by atoms with Crippen molar-refractivity contribution in [2.45, 2.75) is 19.5 Å². The summed E-state index contributed by atoms with van der Waals surface area (Å²) in [6.07, 6.45) is -4.57. The van der Waals surface area contributed by atoms with Crippen molar-refractivity contribution in [2.24, 2.45) is 11.8 Å². The Morgan fingerprint density at radius 1 is 1.43 bits per heavy atom. The zero-order chi connectivity index (χ0) is 20.5. The van der Waals surface area contributed by atoms with Crippen molar-refractivity contribution in [1.29, 1.82) is 0 Å². The van der Waals surface area contributed by atoms with Crippen LogP contribution < -0.4 is 4.90 Å². The summed E-state index contributed by atoms with van der Waals surface area (Å²) in [6, 6.07) is 3.40. The molecule has 1 aliphatic heterocycles. The van der Waals surface area contributed by atoms with Gasteiger partial charge in [0.15, 0.2) is 5.13 Å². The summed E-state index contributed by atoms with van der Waals surface area (Å²) in [6.45, 7) is 1.36. The smallest absolute Gasteiger partial charge is 0.394 e. The molecule has 1 saturated heterocycles. The summed E-state index contributed by atoms with van der Waals surface area (Å²) in [5.41, 5.74) is 0.435. The average molecular weight is 418 g/mol. The first kappa shape index (κ1) is 20.4. The molecule has 0 radical (unpaired) electrons. The van der Waals surface area contributed by atoms with Gasteiger partial charge in [-0.1, -0.05) is 0 Å². The molecule has 152 valence electrons. The van der Waals surface area contributed by atoms with E-state index in [0.29, 0.717) is 5.13 Å². The fourth-order valence-corrected chi connectivity index (χ4v) is 4.10.